The van der Waals surface area contributed by atoms with Gasteiger partial charge in [-0.05, 0) is 0 Å². The van der Waals surface area contributed by atoms with Crippen LogP contribution in [0, 0.1) is 0 Å². The normalized spacial score (nSPS) is 18.8. The fourth-order valence-electron chi connectivity index (χ4n) is 1.53. The fraction of sp³-hybridized carbons (Fsp3) is 0.182. The number of ketones is 2. The first-order valence-electron chi connectivity index (χ1n) is 4.88. The second-order valence-electron chi connectivity index (χ2n) is 3.47. The van der Waals surface area contributed by atoms with Gasteiger partial charge in [-0.2, -0.15) is 5.10 Å². The third-order valence-corrected chi connectivity index (χ3v) is 2.34. The number of hydrogen-bond donors (Lipinski definition) is 2. The van der Waals surface area contributed by atoms with E-state index < -0.39 is 6.04 Å². The van der Waals surface area contributed by atoms with Gasteiger partial charge in [0.25, 0.3) is 0 Å². The van der Waals surface area contributed by atoms with E-state index in [4.69, 9.17) is 0 Å². The Balaban J connectivity index is 2.24. The maximum absolute atomic E-state index is 12.0. The van der Waals surface area contributed by atoms with Crippen LogP contribution >= 0.6 is 0 Å². The number of nitrogens with one attached hydrogen (secondary N) is 2. The SMILES string of the molecule is CC(=O)C1=NNNC1C(=O)c1ccccc1. The highest BCUT2D eigenvalue weighted by Crippen LogP contribution is 2.07. The van der Waals surface area contributed by atoms with Crippen molar-refractivity contribution in [1.82, 2.24) is 11.0 Å². The monoisotopic (exact) mass is 217 g/mol. The standard InChI is InChI=1S/C11H11N3O2/c1-7(15)9-10(13-14-12-9)11(16)8-5-3-2-4-6-8/h2-6,10,13-14H,1H3. The first kappa shape index (κ1) is 10.5. The maximum Gasteiger partial charge on any atom is 0.187 e. The van der Waals surface area contributed by atoms with Gasteiger partial charge in [0.1, 0.15) is 11.8 Å². The molecule has 1 aromatic rings. The predicted octanol–water partition coefficient (Wildman–Crippen LogP) is 0.291. The van der Waals surface area contributed by atoms with Gasteiger partial charge in [-0.15, -0.1) is 0 Å². The number of hydrazine groups is 1. The highest BCUT2D eigenvalue weighted by atomic mass is 16.1. The highest BCUT2D eigenvalue weighted by molar-refractivity contribution is 6.46. The van der Waals surface area contributed by atoms with E-state index in [0.29, 0.717) is 5.56 Å². The zero-order chi connectivity index (χ0) is 11.5. The lowest BCUT2D eigenvalue weighted by molar-refractivity contribution is -0.111. The molecule has 2 N–H and O–H groups in total. The van der Waals surface area contributed by atoms with Crippen LogP contribution in [0.25, 0.3) is 0 Å². The van der Waals surface area contributed by atoms with Crippen LogP contribution in [0.5, 0.6) is 0 Å². The predicted molar refractivity (Wildman–Crippen MR) is 58.9 cm³/mol. The number of nitrogens with zero attached hydrogens (tertiary/aromatic N) is 1. The number of benzene rings is 1. The van der Waals surface area contributed by atoms with Gasteiger partial charge in [-0.3, -0.25) is 9.59 Å². The molecule has 1 aromatic carbocycles. The van der Waals surface area contributed by atoms with Crippen LogP contribution in [-0.4, -0.2) is 23.3 Å². The van der Waals surface area contributed by atoms with Gasteiger partial charge in [0.2, 0.25) is 0 Å². The number of carbonyl (C=O) groups is 2. The minimum atomic E-state index is -0.695. The van der Waals surface area contributed by atoms with Crippen molar-refractivity contribution in [2.45, 2.75) is 13.0 Å². The molecule has 5 nitrogen and oxygen atoms in total. The molecule has 1 aliphatic heterocycles. The lowest BCUT2D eigenvalue weighted by atomic mass is 9.99. The number of hydrogen-bond acceptors (Lipinski definition) is 5. The van der Waals surface area contributed by atoms with E-state index in [-0.39, 0.29) is 17.3 Å². The maximum atomic E-state index is 12.0. The minimum absolute atomic E-state index is 0.167. The average molecular weight is 217 g/mol. The summed E-state index contributed by atoms with van der Waals surface area (Å²) in [5.74, 6) is -0.383. The molecule has 82 valence electrons. The molecule has 1 unspecified atom stereocenters. The summed E-state index contributed by atoms with van der Waals surface area (Å²) < 4.78 is 0. The van der Waals surface area contributed by atoms with E-state index >= 15 is 0 Å². The summed E-state index contributed by atoms with van der Waals surface area (Å²) in [6.45, 7) is 1.39. The third-order valence-electron chi connectivity index (χ3n) is 2.34. The molecule has 5 heteroatoms. The molecule has 0 saturated carbocycles. The van der Waals surface area contributed by atoms with E-state index in [9.17, 15) is 9.59 Å². The van der Waals surface area contributed by atoms with E-state index in [1.54, 1.807) is 24.3 Å². The average Bonchev–Trinajstić information content (AvgIpc) is 2.78. The lowest BCUT2D eigenvalue weighted by Gasteiger charge is -2.09. The molecule has 0 amide bonds. The molecular weight excluding hydrogens is 206 g/mol. The van der Waals surface area contributed by atoms with Gasteiger partial charge in [-0.1, -0.05) is 30.3 Å². The van der Waals surface area contributed by atoms with Crippen molar-refractivity contribution in [1.29, 1.82) is 0 Å². The summed E-state index contributed by atoms with van der Waals surface area (Å²) in [5.41, 5.74) is 5.88. The van der Waals surface area contributed by atoms with Crippen molar-refractivity contribution < 1.29 is 9.59 Å². The Bertz CT molecular complexity index is 454. The second kappa shape index (κ2) is 4.24. The largest absolute Gasteiger partial charge is 0.293 e. The van der Waals surface area contributed by atoms with Gasteiger partial charge in [-0.25, -0.2) is 11.0 Å². The number of Topliss-reactive ketones (excluding diaryl/α,β-unsaturated/α-hetero) is 2. The summed E-state index contributed by atoms with van der Waals surface area (Å²) >= 11 is 0. The minimum Gasteiger partial charge on any atom is -0.293 e. The van der Waals surface area contributed by atoms with Crippen molar-refractivity contribution >= 4 is 17.3 Å². The molecule has 1 heterocycles. The Morgan fingerprint density at radius 3 is 2.56 bits per heavy atom. The van der Waals surface area contributed by atoms with Crippen molar-refractivity contribution in [3.63, 3.8) is 0 Å². The third kappa shape index (κ3) is 1.85. The molecule has 0 bridgehead atoms. The molecular formula is C11H11N3O2. The molecule has 0 fully saturated rings. The van der Waals surface area contributed by atoms with Gasteiger partial charge in [0, 0.05) is 12.5 Å². The number of rotatable bonds is 3. The molecule has 0 spiro atoms. The van der Waals surface area contributed by atoms with Crippen molar-refractivity contribution in [3.8, 4) is 0 Å². The van der Waals surface area contributed by atoms with Crippen LogP contribution in [-0.2, 0) is 4.79 Å². The molecule has 16 heavy (non-hydrogen) atoms. The van der Waals surface area contributed by atoms with Gasteiger partial charge in [0.15, 0.2) is 11.6 Å². The molecule has 1 aliphatic rings. The smallest absolute Gasteiger partial charge is 0.187 e. The quantitative estimate of drug-likeness (QED) is 0.714. The molecule has 0 aromatic heterocycles. The Labute approximate surface area is 92.5 Å². The zero-order valence-corrected chi connectivity index (χ0v) is 8.73. The summed E-state index contributed by atoms with van der Waals surface area (Å²) in [5, 5.41) is 3.75. The Hall–Kier alpha value is -2.01. The second-order valence-corrected chi connectivity index (χ2v) is 3.47. The molecule has 1 atom stereocenters. The number of hydrazone groups is 1. The first-order chi connectivity index (χ1) is 7.70. The van der Waals surface area contributed by atoms with Gasteiger partial charge in [0.05, 0.1) is 0 Å². The van der Waals surface area contributed by atoms with Crippen molar-refractivity contribution in [3.05, 3.63) is 35.9 Å². The molecule has 0 aliphatic carbocycles. The van der Waals surface area contributed by atoms with Crippen LogP contribution in [0.4, 0.5) is 0 Å². The lowest BCUT2D eigenvalue weighted by Crippen LogP contribution is -2.43. The summed E-state index contributed by atoms with van der Waals surface area (Å²) in [6.07, 6.45) is 0. The Morgan fingerprint density at radius 1 is 1.25 bits per heavy atom. The van der Waals surface area contributed by atoms with Crippen LogP contribution in [0.3, 0.4) is 0 Å². The van der Waals surface area contributed by atoms with E-state index in [2.05, 4.69) is 16.1 Å². The van der Waals surface area contributed by atoms with E-state index in [0.717, 1.165) is 0 Å². The number of carbonyl (C=O) groups excluding carboxylic acids is 2. The van der Waals surface area contributed by atoms with Gasteiger partial charge >= 0.3 is 0 Å². The molecule has 0 saturated heterocycles. The zero-order valence-electron chi connectivity index (χ0n) is 8.73. The van der Waals surface area contributed by atoms with E-state index in [1.165, 1.54) is 6.92 Å². The summed E-state index contributed by atoms with van der Waals surface area (Å²) in [4.78, 5) is 23.3. The van der Waals surface area contributed by atoms with Crippen LogP contribution < -0.4 is 11.0 Å². The van der Waals surface area contributed by atoms with E-state index in [1.807, 2.05) is 6.07 Å². The Morgan fingerprint density at radius 2 is 1.94 bits per heavy atom. The van der Waals surface area contributed by atoms with Crippen molar-refractivity contribution in [2.24, 2.45) is 5.10 Å². The van der Waals surface area contributed by atoms with Crippen LogP contribution in [0.15, 0.2) is 35.4 Å². The molecule has 0 radical (unpaired) electrons. The molecule has 2 rings (SSSR count). The summed E-state index contributed by atoms with van der Waals surface area (Å²) in [7, 11) is 0. The first-order valence-corrected chi connectivity index (χ1v) is 4.88. The highest BCUT2D eigenvalue weighted by Gasteiger charge is 2.31. The van der Waals surface area contributed by atoms with Gasteiger partial charge < -0.3 is 0 Å². The van der Waals surface area contributed by atoms with Crippen LogP contribution in [0.1, 0.15) is 17.3 Å². The fourth-order valence-corrected chi connectivity index (χ4v) is 1.53. The Kier molecular flexibility index (Phi) is 2.78. The summed E-state index contributed by atoms with van der Waals surface area (Å²) in [6, 6.07) is 8.11. The van der Waals surface area contributed by atoms with Crippen molar-refractivity contribution in [2.75, 3.05) is 0 Å². The van der Waals surface area contributed by atoms with Crippen LogP contribution in [0.2, 0.25) is 0 Å². The topological polar surface area (TPSA) is 70.6 Å².